The van der Waals surface area contributed by atoms with Gasteiger partial charge in [-0.2, -0.15) is 0 Å². The van der Waals surface area contributed by atoms with E-state index < -0.39 is 6.04 Å². The summed E-state index contributed by atoms with van der Waals surface area (Å²) in [6.45, 7) is 9.69. The van der Waals surface area contributed by atoms with Crippen LogP contribution in [-0.2, 0) is 4.79 Å². The first-order chi connectivity index (χ1) is 5.25. The third kappa shape index (κ3) is 3.67. The van der Waals surface area contributed by atoms with E-state index in [-0.39, 0.29) is 11.2 Å². The first-order valence-corrected chi connectivity index (χ1v) is 4.19. The molecule has 0 heterocycles. The normalized spacial score (nSPS) is 13.8. The van der Waals surface area contributed by atoms with Gasteiger partial charge in [0.15, 0.2) is 5.78 Å². The molecular weight excluding hydrogens is 150 g/mol. The molecule has 1 unspecified atom stereocenters. The Kier molecular flexibility index (Phi) is 3.65. The maximum absolute atomic E-state index is 11.4. The van der Waals surface area contributed by atoms with Gasteiger partial charge in [-0.15, -0.1) is 0 Å². The molecule has 0 aliphatic carbocycles. The van der Waals surface area contributed by atoms with Crippen LogP contribution < -0.4 is 5.73 Å². The number of rotatable bonds is 2. The lowest BCUT2D eigenvalue weighted by atomic mass is 9.84. The minimum absolute atomic E-state index is 0.0162. The van der Waals surface area contributed by atoms with E-state index in [4.69, 9.17) is 5.73 Å². The zero-order valence-corrected chi connectivity index (χ0v) is 8.64. The Balaban J connectivity index is 4.42. The summed E-state index contributed by atoms with van der Waals surface area (Å²) < 4.78 is 0. The average molecular weight is 169 g/mol. The number of nitrogens with two attached hydrogens (primary N) is 1. The molecule has 0 saturated heterocycles. The van der Waals surface area contributed by atoms with E-state index in [1.165, 1.54) is 0 Å². The van der Waals surface area contributed by atoms with E-state index in [1.807, 2.05) is 34.6 Å². The third-order valence-electron chi connectivity index (χ3n) is 1.67. The summed E-state index contributed by atoms with van der Waals surface area (Å²) in [6.07, 6.45) is 1.61. The highest BCUT2D eigenvalue weighted by Crippen LogP contribution is 2.18. The highest BCUT2D eigenvalue weighted by atomic mass is 16.1. The van der Waals surface area contributed by atoms with E-state index in [0.717, 1.165) is 5.57 Å². The highest BCUT2D eigenvalue weighted by molar-refractivity contribution is 5.95. The van der Waals surface area contributed by atoms with Crippen LogP contribution in [0.4, 0.5) is 0 Å². The Morgan fingerprint density at radius 3 is 2.00 bits per heavy atom. The van der Waals surface area contributed by atoms with Crippen molar-refractivity contribution in [2.24, 2.45) is 11.1 Å². The molecule has 70 valence electrons. The van der Waals surface area contributed by atoms with E-state index in [0.29, 0.717) is 0 Å². The Labute approximate surface area is 74.8 Å². The van der Waals surface area contributed by atoms with Crippen LogP contribution >= 0.6 is 0 Å². The van der Waals surface area contributed by atoms with Gasteiger partial charge in [-0.05, 0) is 25.3 Å². The second-order valence-corrected chi connectivity index (χ2v) is 4.47. The van der Waals surface area contributed by atoms with Gasteiger partial charge in [0.2, 0.25) is 0 Å². The van der Waals surface area contributed by atoms with Gasteiger partial charge in [-0.1, -0.05) is 26.3 Å². The Morgan fingerprint density at radius 2 is 1.75 bits per heavy atom. The minimum atomic E-state index is -0.396. The van der Waals surface area contributed by atoms with Crippen molar-refractivity contribution in [3.05, 3.63) is 11.6 Å². The number of carbonyl (C=O) groups is 1. The van der Waals surface area contributed by atoms with Crippen LogP contribution in [0, 0.1) is 5.41 Å². The van der Waals surface area contributed by atoms with Crippen molar-refractivity contribution in [2.45, 2.75) is 40.7 Å². The molecule has 0 aliphatic rings. The molecule has 0 aromatic rings. The molecule has 0 amide bonds. The third-order valence-corrected chi connectivity index (χ3v) is 1.67. The van der Waals surface area contributed by atoms with Crippen molar-refractivity contribution < 1.29 is 4.79 Å². The molecule has 2 heteroatoms. The van der Waals surface area contributed by atoms with Gasteiger partial charge in [0.1, 0.15) is 0 Å². The second kappa shape index (κ2) is 3.85. The Morgan fingerprint density at radius 1 is 1.33 bits per heavy atom. The molecule has 0 radical (unpaired) electrons. The molecule has 0 aliphatic heterocycles. The van der Waals surface area contributed by atoms with Crippen LogP contribution in [0.3, 0.4) is 0 Å². The molecule has 0 bridgehead atoms. The van der Waals surface area contributed by atoms with Crippen molar-refractivity contribution >= 4 is 5.78 Å². The largest absolute Gasteiger partial charge is 0.321 e. The summed E-state index contributed by atoms with van der Waals surface area (Å²) >= 11 is 0. The average Bonchev–Trinajstić information content (AvgIpc) is 1.82. The number of hydrogen-bond donors (Lipinski definition) is 1. The molecule has 0 saturated carbocycles. The second-order valence-electron chi connectivity index (χ2n) is 4.47. The maximum atomic E-state index is 11.4. The maximum Gasteiger partial charge on any atom is 0.172 e. The van der Waals surface area contributed by atoms with Gasteiger partial charge in [0.05, 0.1) is 6.04 Å². The highest BCUT2D eigenvalue weighted by Gasteiger charge is 2.25. The standard InChI is InChI=1S/C10H19NO/c1-7(2)6-8(12)9(11)10(3,4)5/h6,9H,11H2,1-5H3. The van der Waals surface area contributed by atoms with Crippen LogP contribution in [-0.4, -0.2) is 11.8 Å². The quantitative estimate of drug-likeness (QED) is 0.641. The zero-order chi connectivity index (χ0) is 9.94. The van der Waals surface area contributed by atoms with E-state index in [2.05, 4.69) is 0 Å². The van der Waals surface area contributed by atoms with Crippen LogP contribution in [0.5, 0.6) is 0 Å². The lowest BCUT2D eigenvalue weighted by Crippen LogP contribution is -2.41. The first kappa shape index (κ1) is 11.4. The molecule has 1 atom stereocenters. The number of carbonyl (C=O) groups excluding carboxylic acids is 1. The number of allylic oxidation sites excluding steroid dienone is 1. The predicted octanol–water partition coefficient (Wildman–Crippen LogP) is 1.90. The minimum Gasteiger partial charge on any atom is -0.321 e. The summed E-state index contributed by atoms with van der Waals surface area (Å²) in [5.74, 6) is 0.0162. The predicted molar refractivity (Wildman–Crippen MR) is 51.9 cm³/mol. The summed E-state index contributed by atoms with van der Waals surface area (Å²) in [6, 6.07) is -0.396. The van der Waals surface area contributed by atoms with Gasteiger partial charge >= 0.3 is 0 Å². The van der Waals surface area contributed by atoms with Gasteiger partial charge in [0.25, 0.3) is 0 Å². The topological polar surface area (TPSA) is 43.1 Å². The summed E-state index contributed by atoms with van der Waals surface area (Å²) in [4.78, 5) is 11.4. The van der Waals surface area contributed by atoms with Crippen molar-refractivity contribution in [1.82, 2.24) is 0 Å². The summed E-state index contributed by atoms with van der Waals surface area (Å²) in [7, 11) is 0. The van der Waals surface area contributed by atoms with Crippen LogP contribution in [0.1, 0.15) is 34.6 Å². The van der Waals surface area contributed by atoms with Gasteiger partial charge in [-0.3, -0.25) is 4.79 Å². The fourth-order valence-electron chi connectivity index (χ4n) is 0.801. The molecule has 0 rings (SSSR count). The fraction of sp³-hybridized carbons (Fsp3) is 0.700. The van der Waals surface area contributed by atoms with Crippen molar-refractivity contribution in [2.75, 3.05) is 0 Å². The molecule has 0 aromatic carbocycles. The van der Waals surface area contributed by atoms with Crippen LogP contribution in [0.2, 0.25) is 0 Å². The summed E-state index contributed by atoms with van der Waals surface area (Å²) in [5, 5.41) is 0. The van der Waals surface area contributed by atoms with Crippen LogP contribution in [0.15, 0.2) is 11.6 Å². The van der Waals surface area contributed by atoms with Crippen molar-refractivity contribution in [3.63, 3.8) is 0 Å². The molecule has 12 heavy (non-hydrogen) atoms. The Hall–Kier alpha value is -0.630. The van der Waals surface area contributed by atoms with Gasteiger partial charge in [0, 0.05) is 0 Å². The first-order valence-electron chi connectivity index (χ1n) is 4.19. The molecule has 2 N–H and O–H groups in total. The Bertz CT molecular complexity index is 194. The zero-order valence-electron chi connectivity index (χ0n) is 8.64. The van der Waals surface area contributed by atoms with Crippen molar-refractivity contribution in [3.8, 4) is 0 Å². The van der Waals surface area contributed by atoms with Crippen molar-refractivity contribution in [1.29, 1.82) is 0 Å². The van der Waals surface area contributed by atoms with E-state index in [1.54, 1.807) is 6.08 Å². The molecule has 0 fully saturated rings. The van der Waals surface area contributed by atoms with E-state index >= 15 is 0 Å². The number of hydrogen-bond acceptors (Lipinski definition) is 2. The molecule has 2 nitrogen and oxygen atoms in total. The van der Waals surface area contributed by atoms with E-state index in [9.17, 15) is 4.79 Å². The lowest BCUT2D eigenvalue weighted by Gasteiger charge is -2.24. The molecular formula is C10H19NO. The monoisotopic (exact) mass is 169 g/mol. The van der Waals surface area contributed by atoms with Gasteiger partial charge in [-0.25, -0.2) is 0 Å². The van der Waals surface area contributed by atoms with Crippen LogP contribution in [0.25, 0.3) is 0 Å². The fourth-order valence-corrected chi connectivity index (χ4v) is 0.801. The lowest BCUT2D eigenvalue weighted by molar-refractivity contribution is -0.117. The SMILES string of the molecule is CC(C)=CC(=O)C(N)C(C)(C)C. The molecule has 0 spiro atoms. The molecule has 0 aromatic heterocycles. The number of ketones is 1. The van der Waals surface area contributed by atoms with Gasteiger partial charge < -0.3 is 5.73 Å². The summed E-state index contributed by atoms with van der Waals surface area (Å²) in [5.41, 5.74) is 6.60. The smallest absolute Gasteiger partial charge is 0.172 e.